The summed E-state index contributed by atoms with van der Waals surface area (Å²) in [6.45, 7) is 6.63. The maximum atomic E-state index is 12.9. The number of unbranched alkanes of at least 4 members (excludes halogenated alkanes) is 50. The largest absolute Gasteiger partial charge is 0.462 e. The normalized spacial score (nSPS) is 12.2. The van der Waals surface area contributed by atoms with Crippen molar-refractivity contribution >= 4 is 17.9 Å². The number of carbonyl (C=O) groups excluding carboxylic acids is 3. The second-order valence-corrected chi connectivity index (χ2v) is 24.5. The van der Waals surface area contributed by atoms with Crippen LogP contribution in [0.4, 0.5) is 0 Å². The first-order valence-electron chi connectivity index (χ1n) is 36.0. The molecule has 0 amide bonds. The molecule has 0 heterocycles. The van der Waals surface area contributed by atoms with E-state index in [0.717, 1.165) is 89.9 Å². The third-order valence-electron chi connectivity index (χ3n) is 16.4. The Kier molecular flexibility index (Phi) is 67.1. The molecule has 0 aromatic heterocycles. The van der Waals surface area contributed by atoms with Gasteiger partial charge in [0.15, 0.2) is 6.10 Å². The first-order chi connectivity index (χ1) is 39.5. The van der Waals surface area contributed by atoms with Crippen molar-refractivity contribution in [1.29, 1.82) is 0 Å². The van der Waals surface area contributed by atoms with Crippen LogP contribution in [0.3, 0.4) is 0 Å². The van der Waals surface area contributed by atoms with Gasteiger partial charge in [-0.25, -0.2) is 0 Å². The molecular formula is C74H138O6. The van der Waals surface area contributed by atoms with Crippen LogP contribution in [0.25, 0.3) is 0 Å². The molecule has 0 aromatic carbocycles. The Balaban J connectivity index is 4.01. The first kappa shape index (κ1) is 77.6. The van der Waals surface area contributed by atoms with Crippen LogP contribution in [-0.4, -0.2) is 37.2 Å². The van der Waals surface area contributed by atoms with Gasteiger partial charge in [-0.1, -0.05) is 346 Å². The summed E-state index contributed by atoms with van der Waals surface area (Å²) in [5, 5.41) is 0. The maximum absolute atomic E-state index is 12.9. The van der Waals surface area contributed by atoms with Gasteiger partial charge in [-0.3, -0.25) is 14.4 Å². The summed E-state index contributed by atoms with van der Waals surface area (Å²) in [4.78, 5) is 38.3. The molecule has 0 saturated carbocycles. The van der Waals surface area contributed by atoms with Crippen molar-refractivity contribution < 1.29 is 28.6 Å². The van der Waals surface area contributed by atoms with E-state index in [0.29, 0.717) is 19.3 Å². The molecule has 470 valence electrons. The fourth-order valence-corrected chi connectivity index (χ4v) is 10.9. The molecule has 0 N–H and O–H groups in total. The van der Waals surface area contributed by atoms with Crippen LogP contribution in [-0.2, 0) is 28.6 Å². The highest BCUT2D eigenvalue weighted by atomic mass is 16.6. The summed E-state index contributed by atoms with van der Waals surface area (Å²) >= 11 is 0. The van der Waals surface area contributed by atoms with Crippen molar-refractivity contribution in [2.24, 2.45) is 0 Å². The van der Waals surface area contributed by atoms with Crippen molar-refractivity contribution in [2.75, 3.05) is 13.2 Å². The Morgan fingerprint density at radius 2 is 0.463 bits per heavy atom. The van der Waals surface area contributed by atoms with Gasteiger partial charge in [-0.05, 0) is 70.6 Å². The maximum Gasteiger partial charge on any atom is 0.306 e. The van der Waals surface area contributed by atoms with Gasteiger partial charge < -0.3 is 14.2 Å². The Morgan fingerprint density at radius 1 is 0.250 bits per heavy atom. The molecule has 0 bridgehead atoms. The molecule has 0 aliphatic rings. The average Bonchev–Trinajstić information content (AvgIpc) is 3.46. The number of hydrogen-bond donors (Lipinski definition) is 0. The zero-order valence-corrected chi connectivity index (χ0v) is 54.1. The van der Waals surface area contributed by atoms with Crippen molar-refractivity contribution in [3.05, 3.63) is 36.5 Å². The standard InChI is InChI=1S/C74H138O6/c1-4-7-10-13-16-19-22-24-26-28-29-30-31-32-33-34-35-36-37-38-39-40-41-42-43-44-45-46-48-49-52-55-58-61-64-67-73(76)79-70-71(69-78-72(75)66-63-60-57-54-51-21-18-15-12-9-6-3)80-74(77)68-65-62-59-56-53-50-47-27-25-23-20-17-14-11-8-5-2/h15,18,20,23,27,47,71H,4-14,16-17,19,21-22,24-26,28-46,48-70H2,1-3H3/b18-15-,23-20-,47-27-. The smallest absolute Gasteiger partial charge is 0.306 e. The molecule has 0 saturated heterocycles. The van der Waals surface area contributed by atoms with Crippen LogP contribution in [0.15, 0.2) is 36.5 Å². The van der Waals surface area contributed by atoms with Crippen molar-refractivity contribution in [1.82, 2.24) is 0 Å². The minimum Gasteiger partial charge on any atom is -0.462 e. The van der Waals surface area contributed by atoms with E-state index in [9.17, 15) is 14.4 Å². The molecule has 1 atom stereocenters. The van der Waals surface area contributed by atoms with Crippen molar-refractivity contribution in [3.8, 4) is 0 Å². The Labute approximate surface area is 499 Å². The molecule has 0 spiro atoms. The second kappa shape index (κ2) is 69.1. The van der Waals surface area contributed by atoms with Gasteiger partial charge in [-0.2, -0.15) is 0 Å². The number of ether oxygens (including phenoxy) is 3. The summed E-state index contributed by atoms with van der Waals surface area (Å²) in [6, 6.07) is 0. The summed E-state index contributed by atoms with van der Waals surface area (Å²) in [7, 11) is 0. The SMILES string of the molecule is CCCC/C=C\CCCCCCCC(=O)OCC(COC(=O)CCCCCCCCCCCCCCCCCCCCCCCCCCCCCCCCCCCCC)OC(=O)CCCCCCC/C=C\C/C=C\CCCCCC. The molecule has 0 aliphatic carbocycles. The van der Waals surface area contributed by atoms with Gasteiger partial charge in [0.25, 0.3) is 0 Å². The monoisotopic (exact) mass is 1120 g/mol. The van der Waals surface area contributed by atoms with Crippen LogP contribution in [0.5, 0.6) is 0 Å². The lowest BCUT2D eigenvalue weighted by molar-refractivity contribution is -0.167. The molecule has 0 aromatic rings. The highest BCUT2D eigenvalue weighted by molar-refractivity contribution is 5.71. The van der Waals surface area contributed by atoms with E-state index in [1.54, 1.807) is 0 Å². The predicted octanol–water partition coefficient (Wildman–Crippen LogP) is 24.7. The molecule has 0 aliphatic heterocycles. The van der Waals surface area contributed by atoms with E-state index in [-0.39, 0.29) is 31.1 Å². The van der Waals surface area contributed by atoms with Crippen LogP contribution in [0.2, 0.25) is 0 Å². The minimum atomic E-state index is -0.781. The van der Waals surface area contributed by atoms with Crippen LogP contribution in [0, 0.1) is 0 Å². The summed E-state index contributed by atoms with van der Waals surface area (Å²) in [5.41, 5.74) is 0. The molecule has 6 nitrogen and oxygen atoms in total. The van der Waals surface area contributed by atoms with E-state index in [4.69, 9.17) is 14.2 Å². The van der Waals surface area contributed by atoms with E-state index in [2.05, 4.69) is 57.2 Å². The summed E-state index contributed by atoms with van der Waals surface area (Å²) in [5.74, 6) is -0.878. The topological polar surface area (TPSA) is 78.9 Å². The Morgan fingerprint density at radius 3 is 0.750 bits per heavy atom. The zero-order chi connectivity index (χ0) is 57.8. The Hall–Kier alpha value is -2.37. The highest BCUT2D eigenvalue weighted by Crippen LogP contribution is 2.19. The molecule has 1 unspecified atom stereocenters. The van der Waals surface area contributed by atoms with Crippen LogP contribution < -0.4 is 0 Å². The van der Waals surface area contributed by atoms with Crippen molar-refractivity contribution in [2.45, 2.75) is 406 Å². The number of carbonyl (C=O) groups is 3. The number of hydrogen-bond acceptors (Lipinski definition) is 6. The second-order valence-electron chi connectivity index (χ2n) is 24.5. The van der Waals surface area contributed by atoms with E-state index >= 15 is 0 Å². The molecule has 0 rings (SSSR count). The number of esters is 3. The van der Waals surface area contributed by atoms with Gasteiger partial charge in [0.1, 0.15) is 13.2 Å². The Bertz CT molecular complexity index is 1340. The quantitative estimate of drug-likeness (QED) is 0.0261. The average molecular weight is 1120 g/mol. The molecule has 80 heavy (non-hydrogen) atoms. The van der Waals surface area contributed by atoms with Gasteiger partial charge in [0.05, 0.1) is 0 Å². The van der Waals surface area contributed by atoms with Crippen molar-refractivity contribution in [3.63, 3.8) is 0 Å². The zero-order valence-electron chi connectivity index (χ0n) is 54.1. The predicted molar refractivity (Wildman–Crippen MR) is 349 cm³/mol. The molecule has 0 radical (unpaired) electrons. The fraction of sp³-hybridized carbons (Fsp3) is 0.878. The lowest BCUT2D eigenvalue weighted by Gasteiger charge is -2.18. The third kappa shape index (κ3) is 66.4. The van der Waals surface area contributed by atoms with E-state index < -0.39 is 6.10 Å². The number of allylic oxidation sites excluding steroid dienone is 6. The first-order valence-corrected chi connectivity index (χ1v) is 36.0. The van der Waals surface area contributed by atoms with E-state index in [1.807, 2.05) is 0 Å². The fourth-order valence-electron chi connectivity index (χ4n) is 10.9. The summed E-state index contributed by atoms with van der Waals surface area (Å²) < 4.78 is 16.9. The van der Waals surface area contributed by atoms with Crippen LogP contribution >= 0.6 is 0 Å². The van der Waals surface area contributed by atoms with Gasteiger partial charge in [0, 0.05) is 19.3 Å². The minimum absolute atomic E-state index is 0.0767. The van der Waals surface area contributed by atoms with E-state index in [1.165, 1.54) is 270 Å². The summed E-state index contributed by atoms with van der Waals surface area (Å²) in [6.07, 6.45) is 86.4. The highest BCUT2D eigenvalue weighted by Gasteiger charge is 2.19. The van der Waals surface area contributed by atoms with Gasteiger partial charge >= 0.3 is 17.9 Å². The van der Waals surface area contributed by atoms with Gasteiger partial charge in [0.2, 0.25) is 0 Å². The molecular weight excluding hydrogens is 985 g/mol. The van der Waals surface area contributed by atoms with Gasteiger partial charge in [-0.15, -0.1) is 0 Å². The number of rotatable bonds is 67. The molecule has 0 fully saturated rings. The van der Waals surface area contributed by atoms with Crippen LogP contribution in [0.1, 0.15) is 400 Å². The third-order valence-corrected chi connectivity index (χ3v) is 16.4. The lowest BCUT2D eigenvalue weighted by Crippen LogP contribution is -2.30. The molecule has 6 heteroatoms. The lowest BCUT2D eigenvalue weighted by atomic mass is 10.0.